The molecule has 130 valence electrons. The molecule has 0 fully saturated rings. The van der Waals surface area contributed by atoms with Crippen LogP contribution in [0.3, 0.4) is 0 Å². The molecule has 0 aliphatic carbocycles. The molecular weight excluding hydrogens is 372 g/mol. The molecule has 9 heteroatoms. The summed E-state index contributed by atoms with van der Waals surface area (Å²) < 4.78 is 75.4. The topological polar surface area (TPSA) is 12.9 Å². The fourth-order valence-corrected chi connectivity index (χ4v) is 3.26. The normalized spacial score (nSPS) is 12.5. The first kappa shape index (κ1) is 19.0. The highest BCUT2D eigenvalue weighted by Crippen LogP contribution is 2.39. The molecule has 0 radical (unpaired) electrons. The Labute approximate surface area is 142 Å². The molecule has 0 aliphatic heterocycles. The van der Waals surface area contributed by atoms with Crippen LogP contribution < -0.4 is 0 Å². The van der Waals surface area contributed by atoms with Gasteiger partial charge in [0.1, 0.15) is 0 Å². The van der Waals surface area contributed by atoms with Crippen molar-refractivity contribution in [2.45, 2.75) is 28.4 Å². The quantitative estimate of drug-likeness (QED) is 0.442. The Balaban J connectivity index is 2.37. The van der Waals surface area contributed by atoms with Crippen molar-refractivity contribution in [3.05, 3.63) is 42.1 Å². The number of hydrogen-bond donors (Lipinski definition) is 0. The van der Waals surface area contributed by atoms with Gasteiger partial charge in [0.25, 0.3) is 0 Å². The molecule has 2 aromatic rings. The third kappa shape index (κ3) is 5.07. The number of halogens is 6. The van der Waals surface area contributed by atoms with E-state index in [-0.39, 0.29) is 16.7 Å². The number of rotatable bonds is 4. The van der Waals surface area contributed by atoms with E-state index in [4.69, 9.17) is 0 Å². The SMILES string of the molecule is CCSc1cc(C(F)(F)F)cnc1-c1ccc(SC(F)(F)F)cc1. The van der Waals surface area contributed by atoms with Gasteiger partial charge in [0, 0.05) is 21.6 Å². The summed E-state index contributed by atoms with van der Waals surface area (Å²) >= 11 is 0.944. The maximum absolute atomic E-state index is 12.8. The van der Waals surface area contributed by atoms with Crippen molar-refractivity contribution in [1.82, 2.24) is 4.98 Å². The van der Waals surface area contributed by atoms with Crippen LogP contribution in [-0.2, 0) is 6.18 Å². The van der Waals surface area contributed by atoms with Crippen molar-refractivity contribution in [3.8, 4) is 11.3 Å². The number of benzene rings is 1. The smallest absolute Gasteiger partial charge is 0.254 e. The highest BCUT2D eigenvalue weighted by Gasteiger charge is 2.32. The van der Waals surface area contributed by atoms with Gasteiger partial charge in [-0.3, -0.25) is 4.98 Å². The molecule has 0 atom stereocenters. The van der Waals surface area contributed by atoms with Gasteiger partial charge >= 0.3 is 11.7 Å². The van der Waals surface area contributed by atoms with Gasteiger partial charge in [-0.05, 0) is 35.7 Å². The number of nitrogens with zero attached hydrogens (tertiary/aromatic N) is 1. The maximum atomic E-state index is 12.8. The molecule has 0 spiro atoms. The minimum absolute atomic E-state index is 0.00264. The van der Waals surface area contributed by atoms with E-state index in [0.29, 0.717) is 21.9 Å². The number of thioether (sulfide) groups is 2. The molecule has 1 aromatic heterocycles. The minimum Gasteiger partial charge on any atom is -0.254 e. The summed E-state index contributed by atoms with van der Waals surface area (Å²) in [5.74, 6) is 0.540. The molecule has 1 aromatic carbocycles. The fourth-order valence-electron chi connectivity index (χ4n) is 1.90. The largest absolute Gasteiger partial charge is 0.446 e. The molecule has 2 rings (SSSR count). The lowest BCUT2D eigenvalue weighted by molar-refractivity contribution is -0.138. The number of alkyl halides is 6. The molecular formula is C15H11F6NS2. The lowest BCUT2D eigenvalue weighted by Gasteiger charge is -2.12. The average molecular weight is 383 g/mol. The number of hydrogen-bond acceptors (Lipinski definition) is 3. The van der Waals surface area contributed by atoms with Crippen LogP contribution in [0.2, 0.25) is 0 Å². The third-order valence-electron chi connectivity index (χ3n) is 2.84. The van der Waals surface area contributed by atoms with E-state index >= 15 is 0 Å². The first-order valence-electron chi connectivity index (χ1n) is 6.66. The van der Waals surface area contributed by atoms with E-state index in [0.717, 1.165) is 12.3 Å². The van der Waals surface area contributed by atoms with Crippen molar-refractivity contribution >= 4 is 23.5 Å². The van der Waals surface area contributed by atoms with Crippen molar-refractivity contribution in [3.63, 3.8) is 0 Å². The van der Waals surface area contributed by atoms with Gasteiger partial charge in [-0.2, -0.15) is 26.3 Å². The van der Waals surface area contributed by atoms with E-state index < -0.39 is 17.2 Å². The second-order valence-electron chi connectivity index (χ2n) is 4.57. The van der Waals surface area contributed by atoms with Crippen molar-refractivity contribution in [1.29, 1.82) is 0 Å². The standard InChI is InChI=1S/C15H11F6NS2/c1-2-23-12-7-10(14(16,17)18)8-22-13(12)9-3-5-11(6-4-9)24-15(19,20)21/h3-8H,2H2,1H3. The van der Waals surface area contributed by atoms with E-state index in [1.165, 1.54) is 36.0 Å². The van der Waals surface area contributed by atoms with Crippen LogP contribution in [0, 0.1) is 0 Å². The minimum atomic E-state index is -4.50. The summed E-state index contributed by atoms with van der Waals surface area (Å²) in [7, 11) is 0. The van der Waals surface area contributed by atoms with Crippen LogP contribution in [0.25, 0.3) is 11.3 Å². The summed E-state index contributed by atoms with van der Waals surface area (Å²) in [6, 6.07) is 6.39. The van der Waals surface area contributed by atoms with E-state index in [1.54, 1.807) is 6.92 Å². The van der Waals surface area contributed by atoms with Crippen molar-refractivity contribution in [2.75, 3.05) is 5.75 Å². The Morgan fingerprint density at radius 3 is 2.12 bits per heavy atom. The highest BCUT2D eigenvalue weighted by molar-refractivity contribution is 8.00. The van der Waals surface area contributed by atoms with Gasteiger partial charge in [-0.25, -0.2) is 0 Å². The molecule has 0 unspecified atom stereocenters. The monoisotopic (exact) mass is 383 g/mol. The summed E-state index contributed by atoms with van der Waals surface area (Å²) in [4.78, 5) is 4.21. The molecule has 1 nitrogen and oxygen atoms in total. The lowest BCUT2D eigenvalue weighted by Crippen LogP contribution is -2.06. The summed E-state index contributed by atoms with van der Waals surface area (Å²) in [5, 5.41) is 0. The molecule has 0 saturated carbocycles. The summed E-state index contributed by atoms with van der Waals surface area (Å²) in [6.07, 6.45) is -3.77. The second-order valence-corrected chi connectivity index (χ2v) is 7.02. The Morgan fingerprint density at radius 1 is 1.00 bits per heavy atom. The van der Waals surface area contributed by atoms with Crippen LogP contribution in [0.4, 0.5) is 26.3 Å². The van der Waals surface area contributed by atoms with Gasteiger partial charge < -0.3 is 0 Å². The Kier molecular flexibility index (Phi) is 5.74. The highest BCUT2D eigenvalue weighted by atomic mass is 32.2. The zero-order chi connectivity index (χ0) is 18.0. The first-order chi connectivity index (χ1) is 11.1. The van der Waals surface area contributed by atoms with Crippen molar-refractivity contribution in [2.24, 2.45) is 0 Å². The number of aromatic nitrogens is 1. The van der Waals surface area contributed by atoms with E-state index in [2.05, 4.69) is 4.98 Å². The second kappa shape index (κ2) is 7.26. The number of pyridine rings is 1. The fraction of sp³-hybridized carbons (Fsp3) is 0.267. The average Bonchev–Trinajstić information content (AvgIpc) is 2.46. The first-order valence-corrected chi connectivity index (χ1v) is 8.46. The van der Waals surface area contributed by atoms with Gasteiger partial charge in [0.15, 0.2) is 0 Å². The zero-order valence-corrected chi connectivity index (χ0v) is 13.8. The lowest BCUT2D eigenvalue weighted by atomic mass is 10.1. The Morgan fingerprint density at radius 2 is 1.62 bits per heavy atom. The van der Waals surface area contributed by atoms with Crippen LogP contribution in [0.1, 0.15) is 12.5 Å². The van der Waals surface area contributed by atoms with Crippen LogP contribution in [0.5, 0.6) is 0 Å². The Bertz CT molecular complexity index is 695. The molecule has 0 bridgehead atoms. The van der Waals surface area contributed by atoms with Gasteiger partial charge in [-0.15, -0.1) is 11.8 Å². The van der Waals surface area contributed by atoms with Crippen LogP contribution >= 0.6 is 23.5 Å². The molecule has 0 amide bonds. The van der Waals surface area contributed by atoms with E-state index in [9.17, 15) is 26.3 Å². The van der Waals surface area contributed by atoms with Gasteiger partial charge in [-0.1, -0.05) is 19.1 Å². The summed E-state index contributed by atoms with van der Waals surface area (Å²) in [5.41, 5.74) is -4.46. The predicted molar refractivity (Wildman–Crippen MR) is 83.0 cm³/mol. The molecule has 1 heterocycles. The summed E-state index contributed by atoms with van der Waals surface area (Å²) in [6.45, 7) is 1.79. The third-order valence-corrected chi connectivity index (χ3v) is 4.49. The van der Waals surface area contributed by atoms with Gasteiger partial charge in [0.05, 0.1) is 11.3 Å². The van der Waals surface area contributed by atoms with Gasteiger partial charge in [0.2, 0.25) is 0 Å². The molecule has 0 aliphatic rings. The predicted octanol–water partition coefficient (Wildman–Crippen LogP) is 6.49. The van der Waals surface area contributed by atoms with E-state index in [1.807, 2.05) is 0 Å². The van der Waals surface area contributed by atoms with Crippen LogP contribution in [0.15, 0.2) is 46.3 Å². The Hall–Kier alpha value is -1.35. The van der Waals surface area contributed by atoms with Crippen LogP contribution in [-0.4, -0.2) is 16.2 Å². The molecule has 24 heavy (non-hydrogen) atoms. The zero-order valence-electron chi connectivity index (χ0n) is 12.2. The molecule has 0 saturated heterocycles. The maximum Gasteiger partial charge on any atom is 0.446 e. The van der Waals surface area contributed by atoms with Crippen molar-refractivity contribution < 1.29 is 26.3 Å². The molecule has 0 N–H and O–H groups in total.